The van der Waals surface area contributed by atoms with Gasteiger partial charge in [0.05, 0.1) is 6.61 Å². The van der Waals surface area contributed by atoms with Crippen LogP contribution in [0.4, 0.5) is 0 Å². The van der Waals surface area contributed by atoms with Crippen molar-refractivity contribution in [3.63, 3.8) is 0 Å². The Bertz CT molecular complexity index is 350. The van der Waals surface area contributed by atoms with Crippen LogP contribution < -0.4 is 0 Å². The molecule has 7 nitrogen and oxygen atoms in total. The quantitative estimate of drug-likeness (QED) is 0.704. The number of carbonyl (C=O) groups excluding carboxylic acids is 2. The molecule has 0 bridgehead atoms. The summed E-state index contributed by atoms with van der Waals surface area (Å²) in [6, 6.07) is 0. The molecule has 7 heteroatoms. The van der Waals surface area contributed by atoms with Crippen LogP contribution in [0, 0.1) is 0 Å². The second-order valence-electron chi connectivity index (χ2n) is 2.96. The summed E-state index contributed by atoms with van der Waals surface area (Å²) in [5.74, 6) is -0.684. The fourth-order valence-electron chi connectivity index (χ4n) is 1.15. The summed E-state index contributed by atoms with van der Waals surface area (Å²) in [6.07, 6.45) is 1.24. The molecule has 0 spiro atoms. The third-order valence-corrected chi connectivity index (χ3v) is 1.91. The van der Waals surface area contributed by atoms with Crippen LogP contribution in [0.1, 0.15) is 24.5 Å². The van der Waals surface area contributed by atoms with Crippen molar-refractivity contribution in [3.8, 4) is 0 Å². The predicted octanol–water partition coefficient (Wildman–Crippen LogP) is -0.170. The van der Waals surface area contributed by atoms with Crippen LogP contribution >= 0.6 is 0 Å². The normalized spacial score (nSPS) is 9.88. The highest BCUT2D eigenvalue weighted by Gasteiger charge is 2.19. The van der Waals surface area contributed by atoms with E-state index in [2.05, 4.69) is 15.2 Å². The monoisotopic (exact) mass is 226 g/mol. The number of amides is 1. The molecule has 0 atom stereocenters. The van der Waals surface area contributed by atoms with E-state index < -0.39 is 5.97 Å². The molecular weight excluding hydrogens is 212 g/mol. The summed E-state index contributed by atoms with van der Waals surface area (Å²) in [6.45, 7) is 4.11. The van der Waals surface area contributed by atoms with E-state index in [-0.39, 0.29) is 18.3 Å². The Labute approximate surface area is 92.8 Å². The van der Waals surface area contributed by atoms with Crippen LogP contribution in [0.5, 0.6) is 0 Å². The summed E-state index contributed by atoms with van der Waals surface area (Å²) in [5, 5.41) is 6.03. The van der Waals surface area contributed by atoms with E-state index in [1.165, 1.54) is 11.2 Å². The fraction of sp³-hybridized carbons (Fsp3) is 0.556. The molecular formula is C9H14N4O3. The minimum Gasteiger partial charge on any atom is -0.465 e. The van der Waals surface area contributed by atoms with Crippen molar-refractivity contribution < 1.29 is 14.3 Å². The third kappa shape index (κ3) is 3.04. The van der Waals surface area contributed by atoms with Gasteiger partial charge in [0.15, 0.2) is 0 Å². The lowest BCUT2D eigenvalue weighted by Gasteiger charge is -2.17. The van der Waals surface area contributed by atoms with Crippen molar-refractivity contribution >= 4 is 11.9 Å². The highest BCUT2D eigenvalue weighted by molar-refractivity contribution is 5.92. The van der Waals surface area contributed by atoms with E-state index in [1.54, 1.807) is 13.8 Å². The number of likely N-dealkylation sites (N-methyl/N-ethyl adjacent to an activating group) is 1. The van der Waals surface area contributed by atoms with Crippen LogP contribution in [0.15, 0.2) is 6.33 Å². The number of nitrogens with zero attached hydrogens (tertiary/aromatic N) is 3. The van der Waals surface area contributed by atoms with Gasteiger partial charge in [0, 0.05) is 6.54 Å². The van der Waals surface area contributed by atoms with Gasteiger partial charge in [-0.25, -0.2) is 4.98 Å². The Hall–Kier alpha value is -1.92. The van der Waals surface area contributed by atoms with Crippen LogP contribution in [0.3, 0.4) is 0 Å². The predicted molar refractivity (Wildman–Crippen MR) is 54.6 cm³/mol. The highest BCUT2D eigenvalue weighted by atomic mass is 16.5. The smallest absolute Gasteiger partial charge is 0.325 e. The SMILES string of the molecule is CCOC(=O)CN(CC)C(=O)c1ncn[nH]1. The zero-order chi connectivity index (χ0) is 12.0. The lowest BCUT2D eigenvalue weighted by Crippen LogP contribution is -2.36. The molecule has 1 rings (SSSR count). The van der Waals surface area contributed by atoms with Gasteiger partial charge in [0.1, 0.15) is 12.9 Å². The molecule has 16 heavy (non-hydrogen) atoms. The molecule has 0 saturated heterocycles. The summed E-state index contributed by atoms with van der Waals surface area (Å²) in [5.41, 5.74) is 0. The number of hydrogen-bond donors (Lipinski definition) is 1. The van der Waals surface area contributed by atoms with Crippen molar-refractivity contribution in [1.29, 1.82) is 0 Å². The van der Waals surface area contributed by atoms with Crippen LogP contribution in [0.25, 0.3) is 0 Å². The Morgan fingerprint density at radius 1 is 1.50 bits per heavy atom. The molecule has 0 radical (unpaired) electrons. The molecule has 0 fully saturated rings. The van der Waals surface area contributed by atoms with Crippen LogP contribution in [0.2, 0.25) is 0 Å². The fourth-order valence-corrected chi connectivity index (χ4v) is 1.15. The van der Waals surface area contributed by atoms with E-state index in [1.807, 2.05) is 0 Å². The molecule has 0 aliphatic rings. The maximum atomic E-state index is 11.8. The lowest BCUT2D eigenvalue weighted by molar-refractivity contribution is -0.143. The number of rotatable bonds is 5. The van der Waals surface area contributed by atoms with Gasteiger partial charge >= 0.3 is 5.97 Å². The molecule has 0 aliphatic heterocycles. The number of esters is 1. The zero-order valence-corrected chi connectivity index (χ0v) is 9.27. The number of ether oxygens (including phenoxy) is 1. The molecule has 0 unspecified atom stereocenters. The lowest BCUT2D eigenvalue weighted by atomic mass is 10.4. The topological polar surface area (TPSA) is 88.2 Å². The number of aromatic amines is 1. The van der Waals surface area contributed by atoms with E-state index in [4.69, 9.17) is 4.74 Å². The van der Waals surface area contributed by atoms with Crippen molar-refractivity contribution in [2.24, 2.45) is 0 Å². The standard InChI is InChI=1S/C9H14N4O3/c1-3-13(5-7(14)16-4-2)9(15)8-10-6-11-12-8/h6H,3-5H2,1-2H3,(H,10,11,12). The molecule has 0 aromatic carbocycles. The maximum Gasteiger partial charge on any atom is 0.325 e. The van der Waals surface area contributed by atoms with E-state index >= 15 is 0 Å². The van der Waals surface area contributed by atoms with Gasteiger partial charge in [-0.2, -0.15) is 5.10 Å². The van der Waals surface area contributed by atoms with Gasteiger partial charge in [0.2, 0.25) is 5.82 Å². The Morgan fingerprint density at radius 3 is 2.75 bits per heavy atom. The van der Waals surface area contributed by atoms with Crippen molar-refractivity contribution in [2.75, 3.05) is 19.7 Å². The summed E-state index contributed by atoms with van der Waals surface area (Å²) in [4.78, 5) is 28.0. The van der Waals surface area contributed by atoms with E-state index in [0.717, 1.165) is 0 Å². The van der Waals surface area contributed by atoms with Crippen LogP contribution in [-0.4, -0.2) is 51.7 Å². The average molecular weight is 226 g/mol. The molecule has 1 heterocycles. The third-order valence-electron chi connectivity index (χ3n) is 1.91. The molecule has 1 aromatic heterocycles. The molecule has 0 saturated carbocycles. The van der Waals surface area contributed by atoms with Gasteiger partial charge in [0.25, 0.3) is 5.91 Å². The molecule has 1 amide bonds. The van der Waals surface area contributed by atoms with Gasteiger partial charge < -0.3 is 9.64 Å². The Kier molecular flexibility index (Phi) is 4.43. The molecule has 88 valence electrons. The van der Waals surface area contributed by atoms with E-state index in [9.17, 15) is 9.59 Å². The number of H-pyrrole nitrogens is 1. The van der Waals surface area contributed by atoms with Crippen molar-refractivity contribution in [3.05, 3.63) is 12.2 Å². The zero-order valence-electron chi connectivity index (χ0n) is 9.27. The van der Waals surface area contributed by atoms with Crippen LogP contribution in [-0.2, 0) is 9.53 Å². The second kappa shape index (κ2) is 5.84. The van der Waals surface area contributed by atoms with Crippen molar-refractivity contribution in [2.45, 2.75) is 13.8 Å². The summed E-state index contributed by atoms with van der Waals surface area (Å²) < 4.78 is 4.76. The maximum absolute atomic E-state index is 11.8. The first kappa shape index (κ1) is 12.2. The number of hydrogen-bond acceptors (Lipinski definition) is 5. The van der Waals surface area contributed by atoms with Gasteiger partial charge in [-0.15, -0.1) is 0 Å². The van der Waals surface area contributed by atoms with Crippen molar-refractivity contribution in [1.82, 2.24) is 20.1 Å². The second-order valence-corrected chi connectivity index (χ2v) is 2.96. The largest absolute Gasteiger partial charge is 0.465 e. The number of aromatic nitrogens is 3. The first-order chi connectivity index (χ1) is 7.69. The van der Waals surface area contributed by atoms with Gasteiger partial charge in [-0.3, -0.25) is 14.7 Å². The highest BCUT2D eigenvalue weighted by Crippen LogP contribution is 1.98. The average Bonchev–Trinajstić information content (AvgIpc) is 2.78. The number of carbonyl (C=O) groups is 2. The van der Waals surface area contributed by atoms with Gasteiger partial charge in [-0.05, 0) is 13.8 Å². The first-order valence-electron chi connectivity index (χ1n) is 4.99. The Morgan fingerprint density at radius 2 is 2.25 bits per heavy atom. The molecule has 1 aromatic rings. The summed E-state index contributed by atoms with van der Waals surface area (Å²) in [7, 11) is 0. The first-order valence-corrected chi connectivity index (χ1v) is 4.99. The van der Waals surface area contributed by atoms with E-state index in [0.29, 0.717) is 13.2 Å². The Balaban J connectivity index is 2.61. The summed E-state index contributed by atoms with van der Waals surface area (Å²) >= 11 is 0. The molecule has 1 N–H and O–H groups in total. The minimum absolute atomic E-state index is 0.0795. The van der Waals surface area contributed by atoms with Gasteiger partial charge in [-0.1, -0.05) is 0 Å². The number of nitrogens with one attached hydrogen (secondary N) is 1. The molecule has 0 aliphatic carbocycles. The minimum atomic E-state index is -0.433.